The number of hydrogen-bond donors (Lipinski definition) is 4. The van der Waals surface area contributed by atoms with E-state index in [1.165, 1.54) is 33.8 Å². The fourth-order valence-corrected chi connectivity index (χ4v) is 6.20. The Morgan fingerprint density at radius 1 is 1.39 bits per heavy atom. The number of nitrogens with zero attached hydrogens (tertiary/aromatic N) is 4. The van der Waals surface area contributed by atoms with Gasteiger partial charge in [0, 0.05) is 35.0 Å². The van der Waals surface area contributed by atoms with Crippen molar-refractivity contribution in [2.75, 3.05) is 18.0 Å². The molecule has 33 heavy (non-hydrogen) atoms. The third-order valence-corrected chi connectivity index (χ3v) is 8.18. The number of thioether (sulfide) groups is 2. The zero-order valence-corrected chi connectivity index (χ0v) is 19.3. The monoisotopic (exact) mass is 506 g/mol. The zero-order valence-electron chi connectivity index (χ0n) is 16.8. The molecule has 3 atom stereocenters. The molecule has 172 valence electrons. The van der Waals surface area contributed by atoms with Crippen LogP contribution in [0.3, 0.4) is 0 Å². The van der Waals surface area contributed by atoms with Crippen molar-refractivity contribution >= 4 is 63.5 Å². The number of nitrogen functional groups attached to an aromatic ring is 1. The number of rotatable bonds is 7. The van der Waals surface area contributed by atoms with E-state index in [1.54, 1.807) is 23.9 Å². The van der Waals surface area contributed by atoms with Gasteiger partial charge in [-0.25, -0.2) is 4.98 Å². The van der Waals surface area contributed by atoms with Crippen molar-refractivity contribution < 1.29 is 24.7 Å². The molecule has 0 bridgehead atoms. The molecule has 2 saturated heterocycles. The van der Waals surface area contributed by atoms with Crippen molar-refractivity contribution in [1.29, 1.82) is 0 Å². The van der Waals surface area contributed by atoms with E-state index >= 15 is 0 Å². The van der Waals surface area contributed by atoms with Crippen LogP contribution in [-0.2, 0) is 14.4 Å². The maximum atomic E-state index is 12.7. The molecule has 4 rings (SSSR count). The van der Waals surface area contributed by atoms with Crippen LogP contribution >= 0.6 is 34.9 Å². The van der Waals surface area contributed by atoms with Crippen LogP contribution in [-0.4, -0.2) is 72.4 Å². The second kappa shape index (κ2) is 9.41. The number of β-lactam (4-membered cyclic amide) rings is 1. The van der Waals surface area contributed by atoms with Crippen LogP contribution < -0.4 is 11.1 Å². The maximum absolute atomic E-state index is 12.7. The fraction of sp³-hybridized carbons (Fsp3) is 0.263. The first-order valence-electron chi connectivity index (χ1n) is 9.49. The van der Waals surface area contributed by atoms with E-state index in [9.17, 15) is 24.7 Å². The minimum absolute atomic E-state index is 0.0117. The fourth-order valence-electron chi connectivity index (χ4n) is 3.37. The first-order chi connectivity index (χ1) is 15.8. The largest absolute Gasteiger partial charge is 0.481 e. The Kier molecular flexibility index (Phi) is 6.58. The summed E-state index contributed by atoms with van der Waals surface area (Å²) in [6.45, 7) is -0.0117. The van der Waals surface area contributed by atoms with E-state index in [-0.39, 0.29) is 28.8 Å². The highest BCUT2D eigenvalue weighted by Gasteiger charge is 2.56. The van der Waals surface area contributed by atoms with Crippen molar-refractivity contribution in [3.63, 3.8) is 0 Å². The van der Waals surface area contributed by atoms with Crippen molar-refractivity contribution in [2.45, 2.75) is 16.3 Å². The van der Waals surface area contributed by atoms with Crippen LogP contribution in [0.25, 0.3) is 0 Å². The summed E-state index contributed by atoms with van der Waals surface area (Å²) in [7, 11) is 0. The third kappa shape index (κ3) is 4.54. The van der Waals surface area contributed by atoms with Gasteiger partial charge in [0.05, 0.1) is 0 Å². The lowest BCUT2D eigenvalue weighted by Crippen LogP contribution is -2.73. The molecule has 2 aromatic heterocycles. The first-order valence-corrected chi connectivity index (χ1v) is 12.3. The number of nitrogens with two attached hydrogens (primary N) is 1. The Morgan fingerprint density at radius 2 is 2.15 bits per heavy atom. The lowest BCUT2D eigenvalue weighted by atomic mass is 9.87. The molecule has 2 unspecified atom stereocenters. The number of carbonyl (C=O) groups is 3. The number of aliphatic carboxylic acids is 1. The number of nitrogens with one attached hydrogen (secondary N) is 1. The summed E-state index contributed by atoms with van der Waals surface area (Å²) in [5, 5.41) is 27.6. The predicted octanol–water partition coefficient (Wildman–Crippen LogP) is 1.08. The summed E-state index contributed by atoms with van der Waals surface area (Å²) < 4.78 is 0. The van der Waals surface area contributed by atoms with Crippen molar-refractivity contribution in [3.8, 4) is 0 Å². The molecule has 0 aliphatic carbocycles. The quantitative estimate of drug-likeness (QED) is 0.140. The average molecular weight is 507 g/mol. The van der Waals surface area contributed by atoms with Gasteiger partial charge in [-0.05, 0) is 17.5 Å². The summed E-state index contributed by atoms with van der Waals surface area (Å²) in [5.74, 6) is -1.99. The molecule has 2 fully saturated rings. The number of hydrogen-bond acceptors (Lipinski definition) is 11. The number of pyridine rings is 1. The van der Waals surface area contributed by atoms with Gasteiger partial charge in [-0.15, -0.1) is 23.1 Å². The maximum Gasteiger partial charge on any atom is 0.316 e. The highest BCUT2D eigenvalue weighted by Crippen LogP contribution is 2.43. The summed E-state index contributed by atoms with van der Waals surface area (Å²) in [5.41, 5.74) is 4.05. The Hall–Kier alpha value is -3.10. The van der Waals surface area contributed by atoms with E-state index in [4.69, 9.17) is 5.73 Å². The summed E-state index contributed by atoms with van der Waals surface area (Å²) in [4.78, 5) is 47.6. The Morgan fingerprint density at radius 3 is 2.79 bits per heavy atom. The summed E-state index contributed by atoms with van der Waals surface area (Å²) in [6.07, 6.45) is 4.90. The molecule has 2 aromatic rings. The van der Waals surface area contributed by atoms with Gasteiger partial charge in [0.15, 0.2) is 10.8 Å². The van der Waals surface area contributed by atoms with Crippen LogP contribution in [0.2, 0.25) is 0 Å². The second-order valence-corrected chi connectivity index (χ2v) is 10.2. The Bertz CT molecular complexity index is 1140. The van der Waals surface area contributed by atoms with E-state index in [0.29, 0.717) is 0 Å². The standard InChI is InChI=1S/C19H18N6O5S3/c20-18-22-11(7-32-18)12(24-30)14(26)23-13-15(27)25-8-19(17(28)29,9-33-16(13)25)3-6-31-10-1-4-21-5-2-10/h1-7,13,16,30H,8-9H2,(H2,20,22)(H,23,26)(H,28,29)/t13?,16-,19?/m1/s1. The van der Waals surface area contributed by atoms with Crippen molar-refractivity contribution in [1.82, 2.24) is 20.2 Å². The van der Waals surface area contributed by atoms with Gasteiger partial charge in [-0.3, -0.25) is 19.4 Å². The van der Waals surface area contributed by atoms with Crippen LogP contribution in [0.15, 0.2) is 51.4 Å². The molecule has 4 heterocycles. The van der Waals surface area contributed by atoms with Crippen LogP contribution in [0.5, 0.6) is 0 Å². The molecular weight excluding hydrogens is 488 g/mol. The van der Waals surface area contributed by atoms with Gasteiger partial charge in [0.25, 0.3) is 5.91 Å². The number of oxime groups is 1. The number of carbonyl (C=O) groups excluding carboxylic acids is 2. The summed E-state index contributed by atoms with van der Waals surface area (Å²) >= 11 is 3.71. The van der Waals surface area contributed by atoms with Crippen LogP contribution in [0.1, 0.15) is 5.69 Å². The SMILES string of the molecule is Nc1nc(C(=NO)C(=O)NC2C(=O)N3CC(C=CSc4ccncc4)(C(=O)O)CS[C@H]23)cs1. The molecule has 0 aromatic carbocycles. The lowest BCUT2D eigenvalue weighted by Gasteiger charge is -2.53. The first kappa shape index (κ1) is 23.1. The Labute approximate surface area is 200 Å². The smallest absolute Gasteiger partial charge is 0.316 e. The van der Waals surface area contributed by atoms with E-state index in [0.717, 1.165) is 16.2 Å². The molecule has 0 radical (unpaired) electrons. The van der Waals surface area contributed by atoms with Gasteiger partial charge in [0.2, 0.25) is 5.91 Å². The van der Waals surface area contributed by atoms with E-state index in [1.807, 2.05) is 12.1 Å². The number of aromatic nitrogens is 2. The highest BCUT2D eigenvalue weighted by atomic mass is 32.2. The number of carboxylic acid groups (broad SMARTS) is 1. The van der Waals surface area contributed by atoms with Gasteiger partial charge in [-0.2, -0.15) is 0 Å². The van der Waals surface area contributed by atoms with E-state index < -0.39 is 34.6 Å². The number of carboxylic acids is 1. The lowest BCUT2D eigenvalue weighted by molar-refractivity contribution is -0.156. The average Bonchev–Trinajstić information content (AvgIpc) is 3.24. The minimum Gasteiger partial charge on any atom is -0.481 e. The molecule has 5 N–H and O–H groups in total. The zero-order chi connectivity index (χ0) is 23.6. The number of amides is 2. The second-order valence-electron chi connectivity index (χ2n) is 7.20. The molecule has 0 saturated carbocycles. The van der Waals surface area contributed by atoms with Gasteiger partial charge in [-0.1, -0.05) is 23.0 Å². The highest BCUT2D eigenvalue weighted by molar-refractivity contribution is 8.02. The molecule has 0 spiro atoms. The molecular formula is C19H18N6O5S3. The topological polar surface area (TPSA) is 171 Å². The Balaban J connectivity index is 1.42. The van der Waals surface area contributed by atoms with Crippen LogP contribution in [0.4, 0.5) is 5.13 Å². The molecule has 11 nitrogen and oxygen atoms in total. The minimum atomic E-state index is -1.25. The van der Waals surface area contributed by atoms with Gasteiger partial charge < -0.3 is 26.3 Å². The number of thiazole rings is 1. The van der Waals surface area contributed by atoms with Crippen LogP contribution in [0, 0.1) is 5.41 Å². The molecule has 2 aliphatic heterocycles. The van der Waals surface area contributed by atoms with Crippen molar-refractivity contribution in [2.24, 2.45) is 10.6 Å². The normalized spacial score (nSPS) is 24.9. The number of fused-ring (bicyclic) bond motifs is 1. The summed E-state index contributed by atoms with van der Waals surface area (Å²) in [6, 6.07) is 2.76. The predicted molar refractivity (Wildman–Crippen MR) is 124 cm³/mol. The van der Waals surface area contributed by atoms with Gasteiger partial charge >= 0.3 is 5.97 Å². The van der Waals surface area contributed by atoms with E-state index in [2.05, 4.69) is 20.4 Å². The molecule has 14 heteroatoms. The number of anilines is 1. The molecule has 2 amide bonds. The van der Waals surface area contributed by atoms with Crippen molar-refractivity contribution in [3.05, 3.63) is 47.1 Å². The molecule has 2 aliphatic rings. The third-order valence-electron chi connectivity index (χ3n) is 5.14. The van der Waals surface area contributed by atoms with Gasteiger partial charge in [0.1, 0.15) is 22.5 Å².